The van der Waals surface area contributed by atoms with E-state index in [1.807, 2.05) is 36.4 Å². The van der Waals surface area contributed by atoms with E-state index in [1.54, 1.807) is 7.11 Å². The predicted molar refractivity (Wildman–Crippen MR) is 126 cm³/mol. The average Bonchev–Trinajstić information content (AvgIpc) is 3.24. The Labute approximate surface area is 190 Å². The van der Waals surface area contributed by atoms with Gasteiger partial charge in [0.1, 0.15) is 5.75 Å². The summed E-state index contributed by atoms with van der Waals surface area (Å²) in [5, 5.41) is 6.97. The van der Waals surface area contributed by atoms with E-state index in [2.05, 4.69) is 27.7 Å². The number of amides is 2. The number of rotatable bonds is 6. The first-order chi connectivity index (χ1) is 15.1. The molecule has 0 aromatic heterocycles. The van der Waals surface area contributed by atoms with Gasteiger partial charge in [0.2, 0.25) is 0 Å². The third-order valence-corrected chi connectivity index (χ3v) is 6.96. The van der Waals surface area contributed by atoms with Crippen molar-refractivity contribution in [3.63, 3.8) is 0 Å². The maximum Gasteiger partial charge on any atom is 0.319 e. The fraction of sp³-hybridized carbons (Fsp3) is 0.480. The number of nitrogens with one attached hydrogen (secondary N) is 2. The van der Waals surface area contributed by atoms with Crippen LogP contribution in [-0.2, 0) is 6.42 Å². The smallest absolute Gasteiger partial charge is 0.319 e. The molecule has 0 radical (unpaired) electrons. The molecule has 2 unspecified atom stereocenters. The molecule has 166 valence electrons. The number of piperidine rings is 1. The number of likely N-dealkylation sites (tertiary alicyclic amines) is 1. The highest BCUT2D eigenvalue weighted by Gasteiger charge is 2.35. The Morgan fingerprint density at radius 2 is 1.81 bits per heavy atom. The minimum atomic E-state index is -0.154. The number of hydrogen-bond donors (Lipinski definition) is 2. The number of urea groups is 1. The lowest BCUT2D eigenvalue weighted by Crippen LogP contribution is -2.52. The van der Waals surface area contributed by atoms with Crippen LogP contribution in [-0.4, -0.2) is 43.2 Å². The summed E-state index contributed by atoms with van der Waals surface area (Å²) >= 11 is 6.01. The van der Waals surface area contributed by atoms with Gasteiger partial charge >= 0.3 is 6.03 Å². The third-order valence-electron chi connectivity index (χ3n) is 6.71. The zero-order chi connectivity index (χ0) is 21.6. The van der Waals surface area contributed by atoms with Crippen LogP contribution in [0.4, 0.5) is 10.5 Å². The lowest BCUT2D eigenvalue weighted by molar-refractivity contribution is 0.119. The zero-order valence-corrected chi connectivity index (χ0v) is 18.9. The van der Waals surface area contributed by atoms with Crippen LogP contribution in [0.5, 0.6) is 5.75 Å². The van der Waals surface area contributed by atoms with Crippen molar-refractivity contribution in [1.82, 2.24) is 10.2 Å². The summed E-state index contributed by atoms with van der Waals surface area (Å²) in [6.07, 6.45) is 6.89. The molecule has 1 saturated heterocycles. The van der Waals surface area contributed by atoms with Gasteiger partial charge in [-0.1, -0.05) is 35.9 Å². The number of methoxy groups -OCH3 is 1. The quantitative estimate of drug-likeness (QED) is 0.635. The van der Waals surface area contributed by atoms with Gasteiger partial charge in [-0.15, -0.1) is 0 Å². The number of carbonyl (C=O) groups is 1. The largest absolute Gasteiger partial charge is 0.495 e. The van der Waals surface area contributed by atoms with Crippen molar-refractivity contribution < 1.29 is 9.53 Å². The molecule has 2 amide bonds. The standard InChI is InChI=1S/C25H32ClN3O2/c1-31-24-8-3-2-5-22(24)28-25(30)27-21-6-4-7-23(21)29-15-13-19(14-16-29)17-18-9-11-20(26)12-10-18/h2-3,5,8-12,19,21,23H,4,6-7,13-17H2,1H3,(H2,27,28,30). The van der Waals surface area contributed by atoms with Crippen LogP contribution in [0.1, 0.15) is 37.7 Å². The van der Waals surface area contributed by atoms with Gasteiger partial charge in [0.25, 0.3) is 0 Å². The lowest BCUT2D eigenvalue weighted by Gasteiger charge is -2.38. The molecule has 5 nitrogen and oxygen atoms in total. The highest BCUT2D eigenvalue weighted by molar-refractivity contribution is 6.30. The van der Waals surface area contributed by atoms with E-state index in [9.17, 15) is 4.79 Å². The summed E-state index contributed by atoms with van der Waals surface area (Å²) < 4.78 is 5.33. The van der Waals surface area contributed by atoms with Gasteiger partial charge in [-0.3, -0.25) is 4.90 Å². The van der Waals surface area contributed by atoms with Crippen LogP contribution in [0.2, 0.25) is 5.02 Å². The number of carbonyl (C=O) groups excluding carboxylic acids is 1. The van der Waals surface area contributed by atoms with Gasteiger partial charge in [0, 0.05) is 17.1 Å². The van der Waals surface area contributed by atoms with E-state index in [1.165, 1.54) is 18.4 Å². The molecule has 2 fully saturated rings. The van der Waals surface area contributed by atoms with Crippen molar-refractivity contribution in [2.45, 2.75) is 50.6 Å². The second kappa shape index (κ2) is 10.4. The molecule has 2 N–H and O–H groups in total. The lowest BCUT2D eigenvalue weighted by atomic mass is 9.89. The molecule has 0 spiro atoms. The topological polar surface area (TPSA) is 53.6 Å². The van der Waals surface area contributed by atoms with E-state index in [0.717, 1.165) is 49.7 Å². The van der Waals surface area contributed by atoms with Crippen LogP contribution in [0, 0.1) is 5.92 Å². The molecule has 2 aromatic rings. The monoisotopic (exact) mass is 441 g/mol. The predicted octanol–water partition coefficient (Wildman–Crippen LogP) is 5.35. The number of ether oxygens (including phenoxy) is 1. The molecular formula is C25H32ClN3O2. The van der Waals surface area contributed by atoms with Crippen molar-refractivity contribution in [3.8, 4) is 5.75 Å². The summed E-state index contributed by atoms with van der Waals surface area (Å²) in [6, 6.07) is 16.2. The summed E-state index contributed by atoms with van der Waals surface area (Å²) in [5.74, 6) is 1.39. The minimum Gasteiger partial charge on any atom is -0.495 e. The number of benzene rings is 2. The molecule has 1 aliphatic carbocycles. The molecule has 31 heavy (non-hydrogen) atoms. The number of hydrogen-bond acceptors (Lipinski definition) is 3. The first-order valence-corrected chi connectivity index (χ1v) is 11.7. The average molecular weight is 442 g/mol. The van der Waals surface area contributed by atoms with E-state index in [0.29, 0.717) is 17.5 Å². The molecule has 2 aromatic carbocycles. The highest BCUT2D eigenvalue weighted by atomic mass is 35.5. The van der Waals surface area contributed by atoms with E-state index >= 15 is 0 Å². The van der Waals surface area contributed by atoms with Crippen molar-refractivity contribution in [2.75, 3.05) is 25.5 Å². The van der Waals surface area contributed by atoms with E-state index < -0.39 is 0 Å². The molecule has 2 atom stereocenters. The Kier molecular flexibility index (Phi) is 7.36. The molecule has 6 heteroatoms. The summed E-state index contributed by atoms with van der Waals surface area (Å²) in [5.41, 5.74) is 2.07. The molecule has 2 aliphatic rings. The Morgan fingerprint density at radius 1 is 1.06 bits per heavy atom. The summed E-state index contributed by atoms with van der Waals surface area (Å²) in [7, 11) is 1.61. The van der Waals surface area contributed by atoms with Gasteiger partial charge in [-0.05, 0) is 87.4 Å². The number of anilines is 1. The fourth-order valence-electron chi connectivity index (χ4n) is 5.06. The zero-order valence-electron chi connectivity index (χ0n) is 18.1. The SMILES string of the molecule is COc1ccccc1NC(=O)NC1CCCC1N1CCC(Cc2ccc(Cl)cc2)CC1. The minimum absolute atomic E-state index is 0.154. The van der Waals surface area contributed by atoms with Gasteiger partial charge in [-0.25, -0.2) is 4.79 Å². The maximum atomic E-state index is 12.6. The first-order valence-electron chi connectivity index (χ1n) is 11.3. The van der Waals surface area contributed by atoms with Gasteiger partial charge in [0.05, 0.1) is 12.8 Å². The van der Waals surface area contributed by atoms with E-state index in [-0.39, 0.29) is 12.1 Å². The van der Waals surface area contributed by atoms with Crippen LogP contribution < -0.4 is 15.4 Å². The first kappa shape index (κ1) is 22.0. The van der Waals surface area contributed by atoms with Crippen molar-refractivity contribution in [2.24, 2.45) is 5.92 Å². The van der Waals surface area contributed by atoms with Gasteiger partial charge < -0.3 is 15.4 Å². The van der Waals surface area contributed by atoms with Gasteiger partial charge in [-0.2, -0.15) is 0 Å². The van der Waals surface area contributed by atoms with Crippen molar-refractivity contribution in [1.29, 1.82) is 0 Å². The summed E-state index contributed by atoms with van der Waals surface area (Å²) in [4.78, 5) is 15.2. The third kappa shape index (κ3) is 5.72. The number of nitrogens with zero attached hydrogens (tertiary/aromatic N) is 1. The van der Waals surface area contributed by atoms with Crippen LogP contribution in [0.15, 0.2) is 48.5 Å². The molecule has 1 aliphatic heterocycles. The number of para-hydroxylation sites is 2. The normalized spacial score (nSPS) is 22.3. The highest BCUT2D eigenvalue weighted by Crippen LogP contribution is 2.30. The molecule has 1 heterocycles. The molecular weight excluding hydrogens is 410 g/mol. The van der Waals surface area contributed by atoms with Crippen LogP contribution >= 0.6 is 11.6 Å². The van der Waals surface area contributed by atoms with Crippen LogP contribution in [0.3, 0.4) is 0 Å². The Bertz CT molecular complexity index is 865. The second-order valence-electron chi connectivity index (χ2n) is 8.71. The van der Waals surface area contributed by atoms with Gasteiger partial charge in [0.15, 0.2) is 0 Å². The summed E-state index contributed by atoms with van der Waals surface area (Å²) in [6.45, 7) is 2.21. The van der Waals surface area contributed by atoms with Crippen molar-refractivity contribution >= 4 is 23.3 Å². The Morgan fingerprint density at radius 3 is 2.55 bits per heavy atom. The fourth-order valence-corrected chi connectivity index (χ4v) is 5.19. The second-order valence-corrected chi connectivity index (χ2v) is 9.15. The number of halogens is 1. The Balaban J connectivity index is 1.27. The Hall–Kier alpha value is -2.24. The molecule has 4 rings (SSSR count). The van der Waals surface area contributed by atoms with Crippen molar-refractivity contribution in [3.05, 3.63) is 59.1 Å². The van der Waals surface area contributed by atoms with E-state index in [4.69, 9.17) is 16.3 Å². The molecule has 1 saturated carbocycles. The molecule has 0 bridgehead atoms. The van der Waals surface area contributed by atoms with Crippen LogP contribution in [0.25, 0.3) is 0 Å². The maximum absolute atomic E-state index is 12.6.